The Hall–Kier alpha value is -1.06. The Morgan fingerprint density at radius 3 is 3.00 bits per heavy atom. The predicted molar refractivity (Wildman–Crippen MR) is 56.5 cm³/mol. The molecular formula is C11H16N2O. The van der Waals surface area contributed by atoms with E-state index in [0.717, 1.165) is 5.70 Å². The standard InChI is InChI=1S/C11H16N2O/c1-13-10(7-14)5-8-3-2-4-9(6-12)11(8)13/h2-5,8,11,14H,6-7,12H2,1H3. The number of hydrogen-bond acceptors (Lipinski definition) is 3. The molecule has 1 heterocycles. The topological polar surface area (TPSA) is 49.5 Å². The third-order valence-corrected chi connectivity index (χ3v) is 3.04. The number of nitrogens with zero attached hydrogens (tertiary/aromatic N) is 1. The van der Waals surface area contributed by atoms with E-state index in [9.17, 15) is 0 Å². The lowest BCUT2D eigenvalue weighted by Gasteiger charge is -2.31. The van der Waals surface area contributed by atoms with Crippen LogP contribution in [0.25, 0.3) is 0 Å². The van der Waals surface area contributed by atoms with Crippen LogP contribution in [-0.4, -0.2) is 36.2 Å². The van der Waals surface area contributed by atoms with E-state index in [1.165, 1.54) is 5.57 Å². The van der Waals surface area contributed by atoms with Gasteiger partial charge in [-0.1, -0.05) is 24.3 Å². The van der Waals surface area contributed by atoms with Crippen molar-refractivity contribution in [3.8, 4) is 0 Å². The molecule has 3 nitrogen and oxygen atoms in total. The first-order valence-electron chi connectivity index (χ1n) is 4.89. The molecule has 2 atom stereocenters. The highest BCUT2D eigenvalue weighted by Gasteiger charge is 2.33. The Balaban J connectivity index is 2.28. The molecule has 0 saturated carbocycles. The SMILES string of the molecule is CN1C(CO)=CC2C=CC=C(CN)C21. The van der Waals surface area contributed by atoms with Gasteiger partial charge in [-0.2, -0.15) is 0 Å². The highest BCUT2D eigenvalue weighted by molar-refractivity contribution is 5.36. The van der Waals surface area contributed by atoms with Gasteiger partial charge in [0.25, 0.3) is 0 Å². The van der Waals surface area contributed by atoms with E-state index in [1.54, 1.807) is 0 Å². The summed E-state index contributed by atoms with van der Waals surface area (Å²) in [5.41, 5.74) is 7.92. The molecule has 2 rings (SSSR count). The molecule has 14 heavy (non-hydrogen) atoms. The van der Waals surface area contributed by atoms with Gasteiger partial charge in [0.15, 0.2) is 0 Å². The number of aliphatic hydroxyl groups excluding tert-OH is 1. The fourth-order valence-corrected chi connectivity index (χ4v) is 2.28. The summed E-state index contributed by atoms with van der Waals surface area (Å²) in [5, 5.41) is 9.16. The van der Waals surface area contributed by atoms with Gasteiger partial charge in [0, 0.05) is 25.2 Å². The number of likely N-dealkylation sites (N-methyl/N-ethyl adjacent to an activating group) is 1. The fourth-order valence-electron chi connectivity index (χ4n) is 2.28. The third-order valence-electron chi connectivity index (χ3n) is 3.04. The summed E-state index contributed by atoms with van der Waals surface area (Å²) < 4.78 is 0. The van der Waals surface area contributed by atoms with E-state index in [0.29, 0.717) is 18.5 Å². The van der Waals surface area contributed by atoms with Crippen LogP contribution in [0.4, 0.5) is 0 Å². The van der Waals surface area contributed by atoms with Crippen molar-refractivity contribution in [2.75, 3.05) is 20.2 Å². The molecule has 0 aromatic carbocycles. The minimum Gasteiger partial charge on any atom is -0.390 e. The zero-order valence-electron chi connectivity index (χ0n) is 8.35. The number of aliphatic hydroxyl groups is 1. The monoisotopic (exact) mass is 192 g/mol. The quantitative estimate of drug-likeness (QED) is 0.659. The Morgan fingerprint density at radius 1 is 1.57 bits per heavy atom. The minimum atomic E-state index is 0.106. The van der Waals surface area contributed by atoms with Gasteiger partial charge in [-0.05, 0) is 5.57 Å². The van der Waals surface area contributed by atoms with E-state index in [4.69, 9.17) is 10.8 Å². The molecule has 2 unspecified atom stereocenters. The second-order valence-corrected chi connectivity index (χ2v) is 3.78. The first-order chi connectivity index (χ1) is 6.77. The van der Waals surface area contributed by atoms with Crippen LogP contribution in [0.3, 0.4) is 0 Å². The van der Waals surface area contributed by atoms with Crippen molar-refractivity contribution < 1.29 is 5.11 Å². The van der Waals surface area contributed by atoms with E-state index < -0.39 is 0 Å². The number of hydrogen-bond donors (Lipinski definition) is 2. The summed E-state index contributed by atoms with van der Waals surface area (Å²) in [4.78, 5) is 2.12. The molecule has 0 fully saturated rings. The molecule has 3 heteroatoms. The van der Waals surface area contributed by atoms with Crippen molar-refractivity contribution in [2.24, 2.45) is 11.7 Å². The van der Waals surface area contributed by atoms with Gasteiger partial charge in [-0.25, -0.2) is 0 Å². The average molecular weight is 192 g/mol. The van der Waals surface area contributed by atoms with Crippen molar-refractivity contribution in [3.05, 3.63) is 35.6 Å². The number of allylic oxidation sites excluding steroid dienone is 2. The summed E-state index contributed by atoms with van der Waals surface area (Å²) >= 11 is 0. The summed E-state index contributed by atoms with van der Waals surface area (Å²) in [6.45, 7) is 0.692. The smallest absolute Gasteiger partial charge is 0.0826 e. The number of fused-ring (bicyclic) bond motifs is 1. The largest absolute Gasteiger partial charge is 0.390 e. The van der Waals surface area contributed by atoms with Crippen molar-refractivity contribution in [1.82, 2.24) is 4.90 Å². The van der Waals surface area contributed by atoms with E-state index >= 15 is 0 Å². The Kier molecular flexibility index (Phi) is 2.44. The molecule has 0 spiro atoms. The highest BCUT2D eigenvalue weighted by Crippen LogP contribution is 2.33. The van der Waals surface area contributed by atoms with Gasteiger partial charge in [-0.3, -0.25) is 0 Å². The van der Waals surface area contributed by atoms with Crippen molar-refractivity contribution in [3.63, 3.8) is 0 Å². The van der Waals surface area contributed by atoms with E-state index in [-0.39, 0.29) is 6.61 Å². The lowest BCUT2D eigenvalue weighted by atomic mass is 9.90. The van der Waals surface area contributed by atoms with Crippen LogP contribution in [0.5, 0.6) is 0 Å². The van der Waals surface area contributed by atoms with Gasteiger partial charge in [0.05, 0.1) is 12.6 Å². The zero-order chi connectivity index (χ0) is 10.1. The van der Waals surface area contributed by atoms with Crippen molar-refractivity contribution >= 4 is 0 Å². The van der Waals surface area contributed by atoms with Crippen LogP contribution in [0.1, 0.15) is 0 Å². The number of rotatable bonds is 2. The van der Waals surface area contributed by atoms with Crippen LogP contribution in [-0.2, 0) is 0 Å². The van der Waals surface area contributed by atoms with Crippen LogP contribution < -0.4 is 5.73 Å². The molecule has 76 valence electrons. The van der Waals surface area contributed by atoms with Gasteiger partial charge < -0.3 is 15.7 Å². The second kappa shape index (κ2) is 3.59. The summed E-state index contributed by atoms with van der Waals surface area (Å²) in [5.74, 6) is 0.380. The number of nitrogens with two attached hydrogens (primary N) is 1. The molecule has 1 aliphatic carbocycles. The minimum absolute atomic E-state index is 0.106. The molecule has 1 aliphatic heterocycles. The molecular weight excluding hydrogens is 176 g/mol. The molecule has 0 aromatic rings. The lowest BCUT2D eigenvalue weighted by molar-refractivity contribution is 0.258. The van der Waals surface area contributed by atoms with Crippen LogP contribution >= 0.6 is 0 Å². The van der Waals surface area contributed by atoms with E-state index in [2.05, 4.69) is 23.1 Å². The maximum Gasteiger partial charge on any atom is 0.0826 e. The molecule has 2 aliphatic rings. The Bertz CT molecular complexity index is 317. The molecule has 0 radical (unpaired) electrons. The van der Waals surface area contributed by atoms with Crippen molar-refractivity contribution in [1.29, 1.82) is 0 Å². The molecule has 3 N–H and O–H groups in total. The third kappa shape index (κ3) is 1.29. The van der Waals surface area contributed by atoms with Gasteiger partial charge >= 0.3 is 0 Å². The Labute approximate surface area is 84.2 Å². The molecule has 0 aromatic heterocycles. The van der Waals surface area contributed by atoms with Crippen LogP contribution in [0, 0.1) is 5.92 Å². The normalized spacial score (nSPS) is 30.1. The summed E-state index contributed by atoms with van der Waals surface area (Å²) in [6, 6.07) is 0.326. The second-order valence-electron chi connectivity index (χ2n) is 3.78. The Morgan fingerprint density at radius 2 is 2.36 bits per heavy atom. The molecule has 0 saturated heterocycles. The zero-order valence-corrected chi connectivity index (χ0v) is 8.35. The predicted octanol–water partition coefficient (Wildman–Crippen LogP) is 0.248. The first-order valence-corrected chi connectivity index (χ1v) is 4.89. The van der Waals surface area contributed by atoms with Crippen LogP contribution in [0.15, 0.2) is 35.6 Å². The maximum atomic E-state index is 9.16. The maximum absolute atomic E-state index is 9.16. The first kappa shape index (κ1) is 9.49. The molecule has 0 amide bonds. The molecule has 0 bridgehead atoms. The fraction of sp³-hybridized carbons (Fsp3) is 0.455. The van der Waals surface area contributed by atoms with Crippen molar-refractivity contribution in [2.45, 2.75) is 6.04 Å². The van der Waals surface area contributed by atoms with Gasteiger partial charge in [0.1, 0.15) is 0 Å². The van der Waals surface area contributed by atoms with Crippen LogP contribution in [0.2, 0.25) is 0 Å². The highest BCUT2D eigenvalue weighted by atomic mass is 16.3. The van der Waals surface area contributed by atoms with E-state index in [1.807, 2.05) is 13.1 Å². The average Bonchev–Trinajstić information content (AvgIpc) is 2.55. The van der Waals surface area contributed by atoms with Gasteiger partial charge in [0.2, 0.25) is 0 Å². The lowest BCUT2D eigenvalue weighted by Crippen LogP contribution is -2.36. The summed E-state index contributed by atoms with van der Waals surface area (Å²) in [7, 11) is 2.01. The van der Waals surface area contributed by atoms with Gasteiger partial charge in [-0.15, -0.1) is 0 Å². The summed E-state index contributed by atoms with van der Waals surface area (Å²) in [6.07, 6.45) is 8.40.